The summed E-state index contributed by atoms with van der Waals surface area (Å²) in [5, 5.41) is 0.389. The molecule has 0 heterocycles. The molecule has 0 amide bonds. The second kappa shape index (κ2) is 10.1. The fraction of sp³-hybridized carbons (Fsp3) is 0.136. The molecule has 0 spiro atoms. The summed E-state index contributed by atoms with van der Waals surface area (Å²) in [6, 6.07) is 20.4. The molecule has 0 saturated heterocycles. The lowest BCUT2D eigenvalue weighted by Crippen LogP contribution is -2.49. The Hall–Kier alpha value is -2.99. The van der Waals surface area contributed by atoms with E-state index in [4.69, 9.17) is 17.0 Å². The van der Waals surface area contributed by atoms with E-state index in [0.29, 0.717) is 22.9 Å². The maximum atomic E-state index is 13.5. The maximum absolute atomic E-state index is 13.5. The minimum absolute atomic E-state index is 0.131. The largest absolute Gasteiger partial charge is 0.460 e. The lowest BCUT2D eigenvalue weighted by atomic mass is 10.3. The third-order valence-corrected chi connectivity index (χ3v) is 5.40. The highest BCUT2D eigenvalue weighted by molar-refractivity contribution is 8.00. The van der Waals surface area contributed by atoms with Crippen molar-refractivity contribution in [1.82, 2.24) is 0 Å². The predicted octanol–water partition coefficient (Wildman–Crippen LogP) is 8.17. The number of thioether (sulfide) groups is 1. The number of anilines is 2. The highest BCUT2D eigenvalue weighted by atomic mass is 32.2. The molecule has 0 saturated carbocycles. The van der Waals surface area contributed by atoms with E-state index in [-0.39, 0.29) is 5.11 Å². The van der Waals surface area contributed by atoms with Gasteiger partial charge in [0.15, 0.2) is 5.11 Å². The van der Waals surface area contributed by atoms with Gasteiger partial charge in [-0.15, -0.1) is 0 Å². The Morgan fingerprint density at radius 1 is 0.676 bits per heavy atom. The normalized spacial score (nSPS) is 12.2. The predicted molar refractivity (Wildman–Crippen MR) is 121 cm³/mol. The molecular formula is C22H15F7N2OS2. The number of benzene rings is 3. The highest BCUT2D eigenvalue weighted by Gasteiger charge is 2.73. The van der Waals surface area contributed by atoms with Crippen LogP contribution in [0, 0.1) is 0 Å². The van der Waals surface area contributed by atoms with Crippen molar-refractivity contribution in [2.24, 2.45) is 0 Å². The molecule has 0 aliphatic heterocycles. The Kier molecular flexibility index (Phi) is 7.61. The second-order valence-corrected chi connectivity index (χ2v) is 8.33. The Labute approximate surface area is 199 Å². The van der Waals surface area contributed by atoms with E-state index < -0.39 is 34.0 Å². The van der Waals surface area contributed by atoms with Gasteiger partial charge in [0, 0.05) is 16.3 Å². The number of ether oxygens (including phenoxy) is 1. The van der Waals surface area contributed by atoms with E-state index >= 15 is 0 Å². The molecule has 0 aliphatic rings. The number of para-hydroxylation sites is 1. The summed E-state index contributed by atoms with van der Waals surface area (Å²) in [7, 11) is 0. The number of hydrogen-bond donors (Lipinski definition) is 2. The first-order chi connectivity index (χ1) is 15.9. The van der Waals surface area contributed by atoms with Gasteiger partial charge in [-0.2, -0.15) is 30.7 Å². The zero-order valence-electron chi connectivity index (χ0n) is 16.9. The SMILES string of the molecule is FC(F)(F)C(F)(F)C(F)(F)Sc1ccc(NC(=S)Nc2ccc(Oc3ccccc3)cc2)cc1. The van der Waals surface area contributed by atoms with Crippen LogP contribution in [0.1, 0.15) is 0 Å². The summed E-state index contributed by atoms with van der Waals surface area (Å²) in [5.41, 5.74) is 0.913. The van der Waals surface area contributed by atoms with Crippen LogP contribution in [0.4, 0.5) is 42.1 Å². The van der Waals surface area contributed by atoms with E-state index in [1.165, 1.54) is 12.1 Å². The lowest BCUT2D eigenvalue weighted by molar-refractivity contribution is -0.330. The molecule has 12 heteroatoms. The van der Waals surface area contributed by atoms with Gasteiger partial charge in [0.05, 0.1) is 0 Å². The molecular weight excluding hydrogens is 505 g/mol. The quantitative estimate of drug-likeness (QED) is 0.187. The smallest absolute Gasteiger partial charge is 0.457 e. The topological polar surface area (TPSA) is 33.3 Å². The zero-order valence-corrected chi connectivity index (χ0v) is 18.5. The van der Waals surface area contributed by atoms with Gasteiger partial charge in [-0.25, -0.2) is 0 Å². The molecule has 0 radical (unpaired) electrons. The number of halogens is 7. The summed E-state index contributed by atoms with van der Waals surface area (Å²) in [6.07, 6.45) is -6.38. The fourth-order valence-electron chi connectivity index (χ4n) is 2.51. The van der Waals surface area contributed by atoms with Crippen molar-refractivity contribution in [3.05, 3.63) is 78.9 Å². The number of rotatable bonds is 7. The van der Waals surface area contributed by atoms with E-state index in [1.54, 1.807) is 36.4 Å². The molecule has 3 aromatic rings. The van der Waals surface area contributed by atoms with Crippen LogP contribution in [0.2, 0.25) is 0 Å². The van der Waals surface area contributed by atoms with Crippen molar-refractivity contribution in [3.8, 4) is 11.5 Å². The Bertz CT molecular complexity index is 1110. The van der Waals surface area contributed by atoms with Crippen molar-refractivity contribution in [2.75, 3.05) is 10.6 Å². The Morgan fingerprint density at radius 2 is 1.15 bits per heavy atom. The van der Waals surface area contributed by atoms with Crippen LogP contribution in [0.25, 0.3) is 0 Å². The number of alkyl halides is 7. The molecule has 0 unspecified atom stereocenters. The van der Waals surface area contributed by atoms with Crippen LogP contribution in [-0.4, -0.2) is 22.5 Å². The van der Waals surface area contributed by atoms with Gasteiger partial charge in [-0.3, -0.25) is 0 Å². The molecule has 3 rings (SSSR count). The number of thiocarbonyl (C=S) groups is 1. The molecule has 3 aromatic carbocycles. The summed E-state index contributed by atoms with van der Waals surface area (Å²) < 4.78 is 95.6. The first kappa shape index (κ1) is 25.6. The van der Waals surface area contributed by atoms with E-state index in [9.17, 15) is 30.7 Å². The van der Waals surface area contributed by atoms with Crippen LogP contribution in [-0.2, 0) is 0 Å². The van der Waals surface area contributed by atoms with Crippen LogP contribution in [0.15, 0.2) is 83.8 Å². The van der Waals surface area contributed by atoms with Gasteiger partial charge in [-0.05, 0) is 84.6 Å². The second-order valence-electron chi connectivity index (χ2n) is 6.73. The Morgan fingerprint density at radius 3 is 1.65 bits per heavy atom. The van der Waals surface area contributed by atoms with Gasteiger partial charge in [0.2, 0.25) is 0 Å². The van der Waals surface area contributed by atoms with Gasteiger partial charge < -0.3 is 15.4 Å². The van der Waals surface area contributed by atoms with Crippen molar-refractivity contribution >= 4 is 40.5 Å². The molecule has 180 valence electrons. The van der Waals surface area contributed by atoms with Crippen LogP contribution < -0.4 is 15.4 Å². The Balaban J connectivity index is 1.55. The minimum Gasteiger partial charge on any atom is -0.457 e. The third-order valence-electron chi connectivity index (χ3n) is 4.17. The van der Waals surface area contributed by atoms with Gasteiger partial charge in [0.1, 0.15) is 11.5 Å². The maximum Gasteiger partial charge on any atom is 0.460 e. The fourth-order valence-corrected chi connectivity index (χ4v) is 3.56. The van der Waals surface area contributed by atoms with Gasteiger partial charge >= 0.3 is 17.4 Å². The monoisotopic (exact) mass is 520 g/mol. The third kappa shape index (κ3) is 6.32. The van der Waals surface area contributed by atoms with Crippen LogP contribution in [0.3, 0.4) is 0 Å². The molecule has 0 bridgehead atoms. The van der Waals surface area contributed by atoms with Gasteiger partial charge in [0.25, 0.3) is 0 Å². The summed E-state index contributed by atoms with van der Waals surface area (Å²) in [4.78, 5) is -0.479. The first-order valence-electron chi connectivity index (χ1n) is 9.40. The average molecular weight is 520 g/mol. The van der Waals surface area contributed by atoms with Crippen molar-refractivity contribution in [3.63, 3.8) is 0 Å². The number of hydrogen-bond acceptors (Lipinski definition) is 3. The minimum atomic E-state index is -6.38. The molecule has 34 heavy (non-hydrogen) atoms. The summed E-state index contributed by atoms with van der Waals surface area (Å²) in [6.45, 7) is 0. The molecule has 0 aromatic heterocycles. The first-order valence-corrected chi connectivity index (χ1v) is 10.6. The summed E-state index contributed by atoms with van der Waals surface area (Å²) in [5.74, 6) is -4.92. The average Bonchev–Trinajstić information content (AvgIpc) is 2.76. The zero-order chi connectivity index (χ0) is 25.0. The molecule has 2 N–H and O–H groups in total. The lowest BCUT2D eigenvalue weighted by Gasteiger charge is -2.27. The van der Waals surface area contributed by atoms with Gasteiger partial charge in [-0.1, -0.05) is 18.2 Å². The molecule has 0 aliphatic carbocycles. The van der Waals surface area contributed by atoms with Crippen LogP contribution >= 0.6 is 24.0 Å². The van der Waals surface area contributed by atoms with E-state index in [2.05, 4.69) is 10.6 Å². The standard InChI is InChI=1S/C22H15F7N2OS2/c23-20(24,21(25,26)27)22(28,29)34-18-12-8-15(9-13-18)31-19(33)30-14-6-10-17(11-7-14)32-16-4-2-1-3-5-16/h1-13H,(H2,30,31,33). The highest BCUT2D eigenvalue weighted by Crippen LogP contribution is 2.53. The summed E-state index contributed by atoms with van der Waals surface area (Å²) >= 11 is 4.28. The van der Waals surface area contributed by atoms with E-state index in [0.717, 1.165) is 12.1 Å². The van der Waals surface area contributed by atoms with E-state index in [1.807, 2.05) is 18.2 Å². The van der Waals surface area contributed by atoms with Crippen molar-refractivity contribution in [2.45, 2.75) is 22.2 Å². The molecule has 0 fully saturated rings. The van der Waals surface area contributed by atoms with Crippen molar-refractivity contribution in [1.29, 1.82) is 0 Å². The van der Waals surface area contributed by atoms with Crippen molar-refractivity contribution < 1.29 is 35.5 Å². The van der Waals surface area contributed by atoms with Crippen LogP contribution in [0.5, 0.6) is 11.5 Å². The molecule has 0 atom stereocenters. The molecule has 3 nitrogen and oxygen atoms in total. The number of nitrogens with one attached hydrogen (secondary N) is 2.